The summed E-state index contributed by atoms with van der Waals surface area (Å²) in [5.41, 5.74) is 15.6. The maximum absolute atomic E-state index is 13.9. The molecular formula is C21H22FN5O. The molecule has 3 aromatic rings. The second-order valence-corrected chi connectivity index (χ2v) is 7.35. The first-order valence-electron chi connectivity index (χ1n) is 9.33. The quantitative estimate of drug-likeness (QED) is 0.408. The van der Waals surface area contributed by atoms with Gasteiger partial charge in [0, 0.05) is 23.5 Å². The molecule has 4 rings (SSSR count). The third-order valence-corrected chi connectivity index (χ3v) is 5.81. The maximum Gasteiger partial charge on any atom is 0.272 e. The summed E-state index contributed by atoms with van der Waals surface area (Å²) in [5.74, 6) is -0.178. The standard InChI is InChI=1S/C21H22FN5O/c1-10-14(11-4-2-3-5-11)9-26-20-16(18(25)21(28)27-19(10)20)12-6-7-15(22)17(24)13(12)8-23/h6-9,11,23H,2-5,24-25H2,1H3,(H,27,28). The van der Waals surface area contributed by atoms with Gasteiger partial charge in [-0.25, -0.2) is 4.39 Å². The molecule has 6 N–H and O–H groups in total. The fourth-order valence-corrected chi connectivity index (χ4v) is 4.29. The van der Waals surface area contributed by atoms with Crippen molar-refractivity contribution in [1.29, 1.82) is 5.41 Å². The van der Waals surface area contributed by atoms with Crippen LogP contribution in [0.4, 0.5) is 15.8 Å². The first kappa shape index (κ1) is 18.2. The Morgan fingerprint density at radius 2 is 1.96 bits per heavy atom. The van der Waals surface area contributed by atoms with E-state index >= 15 is 0 Å². The van der Waals surface area contributed by atoms with E-state index in [1.165, 1.54) is 25.0 Å². The molecule has 6 nitrogen and oxygen atoms in total. The molecular weight excluding hydrogens is 357 g/mol. The van der Waals surface area contributed by atoms with Crippen LogP contribution in [0.5, 0.6) is 0 Å². The Labute approximate surface area is 161 Å². The van der Waals surface area contributed by atoms with Crippen LogP contribution in [0.15, 0.2) is 23.1 Å². The number of halogens is 1. The number of rotatable bonds is 3. The summed E-state index contributed by atoms with van der Waals surface area (Å²) in [4.78, 5) is 20.1. The van der Waals surface area contributed by atoms with Crippen molar-refractivity contribution in [3.63, 3.8) is 0 Å². The number of aryl methyl sites for hydroxylation is 1. The topological polar surface area (TPSA) is 122 Å². The SMILES string of the molecule is Cc1c(C2CCCC2)cnc2c(-c3ccc(F)c(N)c3C=N)c(N)c(=O)[nH]c12. The minimum absolute atomic E-state index is 0.0258. The number of nitrogens with zero attached hydrogens (tertiary/aromatic N) is 1. The Kier molecular flexibility index (Phi) is 4.37. The van der Waals surface area contributed by atoms with Crippen molar-refractivity contribution >= 4 is 28.6 Å². The van der Waals surface area contributed by atoms with Gasteiger partial charge in [-0.1, -0.05) is 18.9 Å². The van der Waals surface area contributed by atoms with Crippen molar-refractivity contribution in [3.8, 4) is 11.1 Å². The number of fused-ring (bicyclic) bond motifs is 1. The summed E-state index contributed by atoms with van der Waals surface area (Å²) < 4.78 is 13.9. The fraction of sp³-hybridized carbons (Fsp3) is 0.286. The van der Waals surface area contributed by atoms with Crippen LogP contribution in [0.2, 0.25) is 0 Å². The normalized spacial score (nSPS) is 14.6. The number of aromatic nitrogens is 2. The highest BCUT2D eigenvalue weighted by Gasteiger charge is 2.24. The summed E-state index contributed by atoms with van der Waals surface area (Å²) >= 11 is 0. The second-order valence-electron chi connectivity index (χ2n) is 7.35. The largest absolute Gasteiger partial charge is 0.396 e. The van der Waals surface area contributed by atoms with Gasteiger partial charge in [-0.2, -0.15) is 0 Å². The van der Waals surface area contributed by atoms with E-state index in [-0.39, 0.29) is 16.9 Å². The van der Waals surface area contributed by atoms with Gasteiger partial charge < -0.3 is 21.9 Å². The van der Waals surface area contributed by atoms with Crippen LogP contribution in [-0.2, 0) is 0 Å². The molecule has 1 aromatic carbocycles. The van der Waals surface area contributed by atoms with E-state index in [0.717, 1.165) is 30.2 Å². The van der Waals surface area contributed by atoms with Gasteiger partial charge in [-0.15, -0.1) is 0 Å². The molecule has 1 saturated carbocycles. The highest BCUT2D eigenvalue weighted by molar-refractivity contribution is 6.05. The highest BCUT2D eigenvalue weighted by Crippen LogP contribution is 2.39. The maximum atomic E-state index is 13.9. The third kappa shape index (κ3) is 2.66. The molecule has 0 saturated heterocycles. The minimum atomic E-state index is -0.623. The molecule has 144 valence electrons. The monoisotopic (exact) mass is 379 g/mol. The van der Waals surface area contributed by atoms with Crippen molar-refractivity contribution in [3.05, 3.63) is 51.2 Å². The Bertz CT molecular complexity index is 1160. The summed E-state index contributed by atoms with van der Waals surface area (Å²) in [6.45, 7) is 1.98. The predicted octanol–water partition coefficient (Wildman–Crippen LogP) is 3.86. The van der Waals surface area contributed by atoms with E-state index in [0.29, 0.717) is 28.1 Å². The van der Waals surface area contributed by atoms with E-state index in [2.05, 4.69) is 9.97 Å². The van der Waals surface area contributed by atoms with Crippen LogP contribution in [0.25, 0.3) is 22.2 Å². The Hall–Kier alpha value is -3.22. The Morgan fingerprint density at radius 3 is 2.64 bits per heavy atom. The molecule has 1 aliphatic carbocycles. The summed E-state index contributed by atoms with van der Waals surface area (Å²) in [6.07, 6.45) is 7.46. The van der Waals surface area contributed by atoms with Crippen molar-refractivity contribution in [1.82, 2.24) is 9.97 Å². The Morgan fingerprint density at radius 1 is 1.25 bits per heavy atom. The number of aromatic amines is 1. The van der Waals surface area contributed by atoms with E-state index in [1.54, 1.807) is 0 Å². The first-order chi connectivity index (χ1) is 13.4. The number of H-pyrrole nitrogens is 1. The summed E-state index contributed by atoms with van der Waals surface area (Å²) in [6, 6.07) is 2.70. The van der Waals surface area contributed by atoms with Gasteiger partial charge in [0.1, 0.15) is 11.5 Å². The van der Waals surface area contributed by atoms with Crippen molar-refractivity contribution in [2.45, 2.75) is 38.5 Å². The lowest BCUT2D eigenvalue weighted by Crippen LogP contribution is -2.16. The number of nitrogens with two attached hydrogens (primary N) is 2. The van der Waals surface area contributed by atoms with Crippen LogP contribution >= 0.6 is 0 Å². The van der Waals surface area contributed by atoms with Crippen LogP contribution in [-0.4, -0.2) is 16.2 Å². The van der Waals surface area contributed by atoms with E-state index in [1.807, 2.05) is 13.1 Å². The molecule has 1 fully saturated rings. The van der Waals surface area contributed by atoms with Gasteiger partial charge >= 0.3 is 0 Å². The number of pyridine rings is 2. The van der Waals surface area contributed by atoms with E-state index < -0.39 is 11.4 Å². The van der Waals surface area contributed by atoms with Gasteiger partial charge in [0.05, 0.1) is 16.7 Å². The van der Waals surface area contributed by atoms with Crippen LogP contribution in [0.1, 0.15) is 48.3 Å². The summed E-state index contributed by atoms with van der Waals surface area (Å²) in [5, 5.41) is 7.67. The lowest BCUT2D eigenvalue weighted by Gasteiger charge is -2.18. The van der Waals surface area contributed by atoms with Gasteiger partial charge in [0.2, 0.25) is 0 Å². The minimum Gasteiger partial charge on any atom is -0.396 e. The molecule has 2 heterocycles. The average Bonchev–Trinajstić information content (AvgIpc) is 3.21. The number of hydrogen-bond acceptors (Lipinski definition) is 5. The van der Waals surface area contributed by atoms with Crippen LogP contribution < -0.4 is 17.0 Å². The number of anilines is 2. The zero-order valence-electron chi connectivity index (χ0n) is 15.6. The van der Waals surface area contributed by atoms with Gasteiger partial charge in [0.15, 0.2) is 0 Å². The zero-order chi connectivity index (χ0) is 20.0. The lowest BCUT2D eigenvalue weighted by molar-refractivity contribution is 0.632. The zero-order valence-corrected chi connectivity index (χ0v) is 15.6. The molecule has 0 bridgehead atoms. The number of nitrogens with one attached hydrogen (secondary N) is 2. The van der Waals surface area contributed by atoms with Gasteiger partial charge in [-0.05, 0) is 48.4 Å². The molecule has 0 spiro atoms. The first-order valence-corrected chi connectivity index (χ1v) is 9.33. The second kappa shape index (κ2) is 6.74. The molecule has 0 unspecified atom stereocenters. The van der Waals surface area contributed by atoms with Crippen molar-refractivity contribution in [2.75, 3.05) is 11.5 Å². The molecule has 2 aromatic heterocycles. The van der Waals surface area contributed by atoms with Crippen LogP contribution in [0, 0.1) is 18.2 Å². The van der Waals surface area contributed by atoms with Gasteiger partial charge in [0.25, 0.3) is 5.56 Å². The lowest BCUT2D eigenvalue weighted by atomic mass is 9.92. The Balaban J connectivity index is 2.06. The molecule has 0 atom stereocenters. The molecule has 0 aliphatic heterocycles. The molecule has 0 amide bonds. The fourth-order valence-electron chi connectivity index (χ4n) is 4.29. The van der Waals surface area contributed by atoms with Crippen LogP contribution in [0.3, 0.4) is 0 Å². The number of hydrogen-bond donors (Lipinski definition) is 4. The molecule has 1 aliphatic rings. The number of nitrogen functional groups attached to an aromatic ring is 2. The smallest absolute Gasteiger partial charge is 0.272 e. The predicted molar refractivity (Wildman–Crippen MR) is 110 cm³/mol. The van der Waals surface area contributed by atoms with Crippen molar-refractivity contribution in [2.24, 2.45) is 0 Å². The third-order valence-electron chi connectivity index (χ3n) is 5.81. The number of benzene rings is 1. The van der Waals surface area contributed by atoms with E-state index in [4.69, 9.17) is 16.9 Å². The highest BCUT2D eigenvalue weighted by atomic mass is 19.1. The molecule has 7 heteroatoms. The van der Waals surface area contributed by atoms with Gasteiger partial charge in [-0.3, -0.25) is 9.78 Å². The summed E-state index contributed by atoms with van der Waals surface area (Å²) in [7, 11) is 0. The average molecular weight is 379 g/mol. The molecule has 0 radical (unpaired) electrons. The molecule has 28 heavy (non-hydrogen) atoms. The van der Waals surface area contributed by atoms with E-state index in [9.17, 15) is 9.18 Å². The van der Waals surface area contributed by atoms with Crippen molar-refractivity contribution < 1.29 is 4.39 Å².